The molecule has 1 amide bonds. The molecule has 0 unspecified atom stereocenters. The third-order valence-corrected chi connectivity index (χ3v) is 6.81. The van der Waals surface area contributed by atoms with Crippen LogP contribution in [0.5, 0.6) is 5.75 Å². The number of anilines is 2. The van der Waals surface area contributed by atoms with Gasteiger partial charge in [-0.15, -0.1) is 0 Å². The van der Waals surface area contributed by atoms with Crippen LogP contribution in [0.15, 0.2) is 77.7 Å². The van der Waals surface area contributed by atoms with Gasteiger partial charge in [0.15, 0.2) is 6.61 Å². The summed E-state index contributed by atoms with van der Waals surface area (Å²) in [5.74, 6) is 0.0619. The van der Waals surface area contributed by atoms with Crippen molar-refractivity contribution in [3.63, 3.8) is 0 Å². The molecule has 0 bridgehead atoms. The molecule has 1 N–H and O–H groups in total. The lowest BCUT2D eigenvalue weighted by molar-refractivity contribution is -0.137. The second kappa shape index (κ2) is 9.02. The summed E-state index contributed by atoms with van der Waals surface area (Å²) in [4.78, 5) is 14.3. The Hall–Kier alpha value is -3.53. The molecule has 1 atom stereocenters. The van der Waals surface area contributed by atoms with E-state index in [0.717, 1.165) is 35.9 Å². The lowest BCUT2D eigenvalue weighted by Crippen LogP contribution is -2.39. The van der Waals surface area contributed by atoms with Crippen molar-refractivity contribution in [3.05, 3.63) is 83.9 Å². The summed E-state index contributed by atoms with van der Waals surface area (Å²) in [6.45, 7) is 1.72. The van der Waals surface area contributed by atoms with Crippen molar-refractivity contribution in [2.24, 2.45) is 0 Å². The number of nitrogens with one attached hydrogen (secondary N) is 1. The van der Waals surface area contributed by atoms with Crippen molar-refractivity contribution in [2.45, 2.75) is 30.5 Å². The Morgan fingerprint density at radius 3 is 2.47 bits per heavy atom. The van der Waals surface area contributed by atoms with Crippen molar-refractivity contribution < 1.29 is 31.1 Å². The van der Waals surface area contributed by atoms with Gasteiger partial charge in [-0.3, -0.25) is 9.52 Å². The third kappa shape index (κ3) is 5.01. The number of hydrogen-bond acceptors (Lipinski definition) is 4. The van der Waals surface area contributed by atoms with Gasteiger partial charge in [-0.1, -0.05) is 24.3 Å². The lowest BCUT2D eigenvalue weighted by atomic mass is 10.1. The van der Waals surface area contributed by atoms with Crippen molar-refractivity contribution in [1.82, 2.24) is 0 Å². The number of carbonyl (C=O) groups excluding carboxylic acids is 1. The smallest absolute Gasteiger partial charge is 0.416 e. The van der Waals surface area contributed by atoms with Gasteiger partial charge >= 0.3 is 6.18 Å². The highest BCUT2D eigenvalue weighted by Gasteiger charge is 2.31. The zero-order chi connectivity index (χ0) is 24.5. The normalized spacial score (nSPS) is 15.6. The van der Waals surface area contributed by atoms with Crippen LogP contribution in [0.25, 0.3) is 0 Å². The van der Waals surface area contributed by atoms with Gasteiger partial charge in [-0.05, 0) is 67.4 Å². The number of nitrogens with zero attached hydrogens (tertiary/aromatic N) is 1. The average molecular weight is 491 g/mol. The molecule has 0 saturated carbocycles. The Labute approximate surface area is 195 Å². The van der Waals surface area contributed by atoms with Crippen LogP contribution >= 0.6 is 0 Å². The topological polar surface area (TPSA) is 75.7 Å². The molecule has 178 valence electrons. The number of rotatable bonds is 6. The Morgan fingerprint density at radius 2 is 1.76 bits per heavy atom. The van der Waals surface area contributed by atoms with Gasteiger partial charge in [-0.2, -0.15) is 13.2 Å². The maximum Gasteiger partial charge on any atom is 0.416 e. The highest BCUT2D eigenvalue weighted by atomic mass is 32.2. The van der Waals surface area contributed by atoms with Gasteiger partial charge in [-0.25, -0.2) is 8.42 Å². The van der Waals surface area contributed by atoms with E-state index in [1.807, 2.05) is 31.2 Å². The molecule has 10 heteroatoms. The van der Waals surface area contributed by atoms with Crippen molar-refractivity contribution in [2.75, 3.05) is 16.2 Å². The first kappa shape index (κ1) is 23.6. The summed E-state index contributed by atoms with van der Waals surface area (Å²) in [6.07, 6.45) is -3.83. The van der Waals surface area contributed by atoms with Crippen LogP contribution in [0.2, 0.25) is 0 Å². The van der Waals surface area contributed by atoms with Gasteiger partial charge < -0.3 is 9.64 Å². The summed E-state index contributed by atoms with van der Waals surface area (Å²) >= 11 is 0. The fourth-order valence-electron chi connectivity index (χ4n) is 3.85. The van der Waals surface area contributed by atoms with Crippen LogP contribution in [0.1, 0.15) is 18.1 Å². The third-order valence-electron chi connectivity index (χ3n) is 5.41. The summed E-state index contributed by atoms with van der Waals surface area (Å²) in [7, 11) is -4.13. The molecule has 4 rings (SSSR count). The fourth-order valence-corrected chi connectivity index (χ4v) is 4.90. The van der Waals surface area contributed by atoms with Crippen molar-refractivity contribution in [1.29, 1.82) is 0 Å². The van der Waals surface area contributed by atoms with E-state index < -0.39 is 21.8 Å². The molecule has 3 aromatic rings. The molecule has 0 saturated heterocycles. The Kier molecular flexibility index (Phi) is 6.26. The van der Waals surface area contributed by atoms with Crippen LogP contribution in [0.4, 0.5) is 24.5 Å². The van der Waals surface area contributed by atoms with Crippen LogP contribution in [0, 0.1) is 0 Å². The molecule has 1 aliphatic heterocycles. The van der Waals surface area contributed by atoms with Gasteiger partial charge in [0.2, 0.25) is 0 Å². The molecule has 3 aromatic carbocycles. The molecule has 0 aliphatic carbocycles. The highest BCUT2D eigenvalue weighted by molar-refractivity contribution is 7.92. The molecule has 34 heavy (non-hydrogen) atoms. The summed E-state index contributed by atoms with van der Waals surface area (Å²) in [5, 5.41) is 0. The second-order valence-electron chi connectivity index (χ2n) is 7.89. The number of para-hydroxylation sites is 1. The summed E-state index contributed by atoms with van der Waals surface area (Å²) in [5.41, 5.74) is 0.772. The number of amides is 1. The zero-order valence-corrected chi connectivity index (χ0v) is 18.9. The van der Waals surface area contributed by atoms with Crippen LogP contribution in [0.3, 0.4) is 0 Å². The van der Waals surface area contributed by atoms with E-state index in [0.29, 0.717) is 0 Å². The number of hydrogen-bond donors (Lipinski definition) is 1. The minimum absolute atomic E-state index is 0.00272. The fraction of sp³-hybridized carbons (Fsp3) is 0.208. The van der Waals surface area contributed by atoms with Crippen LogP contribution < -0.4 is 14.4 Å². The molecule has 0 fully saturated rings. The van der Waals surface area contributed by atoms with E-state index in [2.05, 4.69) is 4.72 Å². The van der Waals surface area contributed by atoms with E-state index >= 15 is 0 Å². The minimum Gasteiger partial charge on any atom is -0.484 e. The molecule has 0 spiro atoms. The van der Waals surface area contributed by atoms with Crippen LogP contribution in [-0.4, -0.2) is 27.0 Å². The molecular formula is C24H21F3N2O4S. The first-order valence-electron chi connectivity index (χ1n) is 10.4. The lowest BCUT2D eigenvalue weighted by Gasteiger charge is -2.22. The molecule has 1 heterocycles. The predicted octanol–water partition coefficient (Wildman–Crippen LogP) is 4.86. The molecular weight excluding hydrogens is 469 g/mol. The monoisotopic (exact) mass is 490 g/mol. The number of carbonyl (C=O) groups is 1. The van der Waals surface area contributed by atoms with E-state index in [9.17, 15) is 26.4 Å². The van der Waals surface area contributed by atoms with E-state index in [4.69, 9.17) is 4.74 Å². The Morgan fingerprint density at radius 1 is 1.06 bits per heavy atom. The predicted molar refractivity (Wildman–Crippen MR) is 121 cm³/mol. The number of ether oxygens (including phenoxy) is 1. The number of benzene rings is 3. The van der Waals surface area contributed by atoms with E-state index in [-0.39, 0.29) is 34.9 Å². The van der Waals surface area contributed by atoms with E-state index in [1.165, 1.54) is 30.3 Å². The maximum atomic E-state index is 12.9. The van der Waals surface area contributed by atoms with Crippen molar-refractivity contribution in [3.8, 4) is 5.75 Å². The SMILES string of the molecule is C[C@H]1Cc2ccccc2N1C(=O)COc1ccc(S(=O)(=O)Nc2cccc(C(F)(F)F)c2)cc1. The minimum atomic E-state index is -4.59. The average Bonchev–Trinajstić information content (AvgIpc) is 3.13. The Bertz CT molecular complexity index is 1310. The van der Waals surface area contributed by atoms with Gasteiger partial charge in [0.05, 0.1) is 10.5 Å². The van der Waals surface area contributed by atoms with Crippen LogP contribution in [-0.2, 0) is 27.4 Å². The molecule has 6 nitrogen and oxygen atoms in total. The molecule has 0 radical (unpaired) electrons. The molecule has 1 aliphatic rings. The number of alkyl halides is 3. The second-order valence-corrected chi connectivity index (χ2v) is 9.57. The highest BCUT2D eigenvalue weighted by Crippen LogP contribution is 2.33. The van der Waals surface area contributed by atoms with Gasteiger partial charge in [0.1, 0.15) is 5.75 Å². The zero-order valence-electron chi connectivity index (χ0n) is 18.0. The van der Waals surface area contributed by atoms with Gasteiger partial charge in [0.25, 0.3) is 15.9 Å². The largest absolute Gasteiger partial charge is 0.484 e. The number of halogens is 3. The first-order chi connectivity index (χ1) is 16.0. The van der Waals surface area contributed by atoms with Crippen molar-refractivity contribution >= 4 is 27.3 Å². The maximum absolute atomic E-state index is 12.9. The first-order valence-corrected chi connectivity index (χ1v) is 11.9. The summed E-state index contributed by atoms with van der Waals surface area (Å²) < 4.78 is 71.5. The quantitative estimate of drug-likeness (QED) is 0.535. The standard InChI is InChI=1S/C24H21F3N2O4S/c1-16-13-17-5-2-3-8-22(17)29(16)23(30)15-33-20-9-11-21(12-10-20)34(31,32)28-19-7-4-6-18(14-19)24(25,26)27/h2-12,14,16,28H,13,15H2,1H3/t16-/m0/s1. The van der Waals surface area contributed by atoms with E-state index in [1.54, 1.807) is 4.90 Å². The Balaban J connectivity index is 1.41. The van der Waals surface area contributed by atoms with Gasteiger partial charge in [0, 0.05) is 17.4 Å². The summed E-state index contributed by atoms with van der Waals surface area (Å²) in [6, 6.07) is 16.9. The molecule has 0 aromatic heterocycles. The number of sulfonamides is 1. The number of fused-ring (bicyclic) bond motifs is 1.